The molecule has 0 saturated carbocycles. The maximum Gasteiger partial charge on any atom is 0.481 e. The summed E-state index contributed by atoms with van der Waals surface area (Å²) in [6.45, 7) is 9.68. The Hall–Kier alpha value is 0.983. The van der Waals surface area contributed by atoms with E-state index in [0.717, 1.165) is 64.2 Å². The molecule has 2 atom stereocenters. The first-order chi connectivity index (χ1) is 21.7. The smallest absolute Gasteiger partial charge is 0.302 e. The van der Waals surface area contributed by atoms with Gasteiger partial charge in [0.05, 0.1) is 26.4 Å². The fraction of sp³-hybridized carbons (Fsp3) is 1.00. The van der Waals surface area contributed by atoms with Crippen LogP contribution in [-0.2, 0) is 58.5 Å². The van der Waals surface area contributed by atoms with Gasteiger partial charge in [0.15, 0.2) is 0 Å². The molecular weight excluding hydrogens is 714 g/mol. The van der Waals surface area contributed by atoms with Crippen molar-refractivity contribution in [2.24, 2.45) is 0 Å². The van der Waals surface area contributed by atoms with E-state index >= 15 is 0 Å². The van der Waals surface area contributed by atoms with Gasteiger partial charge in [-0.1, -0.05) is 156 Å². The number of hydrogen-bond acceptors (Lipinski definition) is 9. The molecule has 0 aromatic rings. The van der Waals surface area contributed by atoms with Crippen LogP contribution in [0, 0.1) is 0 Å². The first-order valence-corrected chi connectivity index (χ1v) is 20.8. The average molecular weight is 786 g/mol. The largest absolute Gasteiger partial charge is 0.481 e. The van der Waals surface area contributed by atoms with Gasteiger partial charge < -0.3 is 9.79 Å². The summed E-state index contributed by atoms with van der Waals surface area (Å²) < 4.78 is 37.1. The quantitative estimate of drug-likeness (QED) is 0.0222. The molecule has 0 aromatic heterocycles. The van der Waals surface area contributed by atoms with Gasteiger partial charge in [-0.25, -0.2) is 18.9 Å². The molecule has 0 saturated heterocycles. The first kappa shape index (κ1) is 53.8. The van der Waals surface area contributed by atoms with Crippen LogP contribution in [0.2, 0.25) is 0 Å². The van der Waals surface area contributed by atoms with Crippen molar-refractivity contribution >= 4 is 15.6 Å². The van der Waals surface area contributed by atoms with Crippen molar-refractivity contribution in [1.29, 1.82) is 0 Å². The molecule has 4 N–H and O–H groups in total. The number of phosphoric ester groups is 2. The number of hydrogen-bond donors (Lipinski definition) is 4. The summed E-state index contributed by atoms with van der Waals surface area (Å²) in [5, 5.41) is 15.9. The molecule has 0 spiro atoms. The molecule has 0 aromatic carbocycles. The van der Waals surface area contributed by atoms with Crippen molar-refractivity contribution in [3.8, 4) is 0 Å². The Morgan fingerprint density at radius 3 is 0.848 bits per heavy atom. The van der Waals surface area contributed by atoms with Crippen molar-refractivity contribution in [3.63, 3.8) is 0 Å². The van der Waals surface area contributed by atoms with E-state index in [-0.39, 0.29) is 39.4 Å². The van der Waals surface area contributed by atoms with Crippen LogP contribution >= 0.6 is 15.6 Å². The van der Waals surface area contributed by atoms with Gasteiger partial charge in [0.1, 0.15) is 0 Å². The fourth-order valence-electron chi connectivity index (χ4n) is 4.20. The summed E-state index contributed by atoms with van der Waals surface area (Å²) in [7, 11) is -9.17. The molecule has 0 fully saturated rings. The molecule has 0 aliphatic carbocycles. The minimum absolute atomic E-state index is 0. The Balaban J connectivity index is -0.000000345. The van der Waals surface area contributed by atoms with Gasteiger partial charge in [0, 0.05) is 26.2 Å². The van der Waals surface area contributed by atoms with E-state index in [2.05, 4.69) is 41.8 Å². The Morgan fingerprint density at radius 1 is 0.391 bits per heavy atom. The third-order valence-corrected chi connectivity index (χ3v) is 9.56. The second-order valence-electron chi connectivity index (χ2n) is 11.4. The third-order valence-electron chi connectivity index (χ3n) is 6.89. The van der Waals surface area contributed by atoms with Gasteiger partial charge in [-0.3, -0.25) is 19.6 Å². The van der Waals surface area contributed by atoms with E-state index in [4.69, 9.17) is 19.6 Å². The zero-order valence-electron chi connectivity index (χ0n) is 29.8. The Kier molecular flexibility index (Phi) is 51.4. The molecule has 11 nitrogen and oxygen atoms in total. The normalized spacial score (nSPS) is 13.4. The van der Waals surface area contributed by atoms with E-state index in [1.807, 2.05) is 0 Å². The molecule has 0 aliphatic heterocycles. The minimum Gasteiger partial charge on any atom is -0.302 e. The maximum atomic E-state index is 11.7. The molecule has 0 rings (SSSR count). The zero-order valence-corrected chi connectivity index (χ0v) is 34.1. The van der Waals surface area contributed by atoms with Gasteiger partial charge in [-0.05, 0) is 25.7 Å². The molecular formula is C32H72O11P2Zr. The molecule has 0 heterocycles. The molecule has 2 unspecified atom stereocenters. The van der Waals surface area contributed by atoms with E-state index < -0.39 is 15.6 Å². The Labute approximate surface area is 301 Å². The SMILES string of the molecule is CCCCCCCCOO.CCCCCCCCOO.CCCCCCCCOP(=O)(O)OP(=O)(O)OCCCCCCCC.[Zr]. The van der Waals surface area contributed by atoms with Gasteiger partial charge in [0.25, 0.3) is 0 Å². The summed E-state index contributed by atoms with van der Waals surface area (Å²) >= 11 is 0. The Bertz CT molecular complexity index is 581. The molecule has 280 valence electrons. The van der Waals surface area contributed by atoms with E-state index in [1.54, 1.807) is 0 Å². The zero-order chi connectivity index (χ0) is 34.3. The summed E-state index contributed by atoms with van der Waals surface area (Å²) in [5.74, 6) is 0. The number of rotatable bonds is 32. The summed E-state index contributed by atoms with van der Waals surface area (Å²) in [5.41, 5.74) is 0. The standard InChI is InChI=1S/C16H36O7P2.2C8H18O2.Zr/c1-3-5-7-9-11-13-15-21-24(17,18)23-25(19,20)22-16-14-12-10-8-6-4-2;2*1-2-3-4-5-6-7-8-10-9;/h3-16H2,1-2H3,(H,17,18)(H,19,20);2*9H,2-8H2,1H3;. The van der Waals surface area contributed by atoms with Crippen LogP contribution in [-0.4, -0.2) is 46.7 Å². The molecule has 0 amide bonds. The molecule has 0 radical (unpaired) electrons. The number of phosphoric acid groups is 2. The van der Waals surface area contributed by atoms with Crippen LogP contribution in [0.1, 0.15) is 182 Å². The summed E-state index contributed by atoms with van der Waals surface area (Å²) in [6.07, 6.45) is 26.7. The monoisotopic (exact) mass is 784 g/mol. The molecule has 0 bridgehead atoms. The summed E-state index contributed by atoms with van der Waals surface area (Å²) in [6, 6.07) is 0. The second kappa shape index (κ2) is 44.0. The van der Waals surface area contributed by atoms with E-state index in [1.165, 1.54) is 77.0 Å². The van der Waals surface area contributed by atoms with Crippen molar-refractivity contribution < 1.29 is 78.8 Å². The van der Waals surface area contributed by atoms with Crippen molar-refractivity contribution in [2.45, 2.75) is 182 Å². The van der Waals surface area contributed by atoms with Crippen molar-refractivity contribution in [1.82, 2.24) is 0 Å². The second-order valence-corrected chi connectivity index (χ2v) is 14.5. The third kappa shape index (κ3) is 51.8. The van der Waals surface area contributed by atoms with Crippen LogP contribution in [0.15, 0.2) is 0 Å². The van der Waals surface area contributed by atoms with Crippen LogP contribution in [0.5, 0.6) is 0 Å². The van der Waals surface area contributed by atoms with Crippen LogP contribution < -0.4 is 0 Å². The minimum atomic E-state index is -4.58. The van der Waals surface area contributed by atoms with Gasteiger partial charge in [-0.2, -0.15) is 4.31 Å². The van der Waals surface area contributed by atoms with Gasteiger partial charge >= 0.3 is 15.6 Å². The topological polar surface area (TPSA) is 161 Å². The maximum absolute atomic E-state index is 11.7. The molecule has 14 heteroatoms. The summed E-state index contributed by atoms with van der Waals surface area (Å²) in [4.78, 5) is 26.9. The van der Waals surface area contributed by atoms with Crippen molar-refractivity contribution in [2.75, 3.05) is 26.4 Å². The van der Waals surface area contributed by atoms with Crippen LogP contribution in [0.4, 0.5) is 0 Å². The fourth-order valence-corrected chi connectivity index (χ4v) is 6.34. The van der Waals surface area contributed by atoms with Gasteiger partial charge in [0.2, 0.25) is 0 Å². The average Bonchev–Trinajstić information content (AvgIpc) is 3.00. The molecule has 46 heavy (non-hydrogen) atoms. The number of unbranched alkanes of at least 4 members (excludes halogenated alkanes) is 20. The van der Waals surface area contributed by atoms with Crippen LogP contribution in [0.25, 0.3) is 0 Å². The first-order valence-electron chi connectivity index (χ1n) is 17.8. The van der Waals surface area contributed by atoms with E-state index in [0.29, 0.717) is 26.1 Å². The molecule has 0 aliphatic rings. The van der Waals surface area contributed by atoms with Crippen LogP contribution in [0.3, 0.4) is 0 Å². The Morgan fingerprint density at radius 2 is 0.609 bits per heavy atom. The predicted octanol–water partition coefficient (Wildman–Crippen LogP) is 11.6. The predicted molar refractivity (Wildman–Crippen MR) is 183 cm³/mol. The van der Waals surface area contributed by atoms with Crippen molar-refractivity contribution in [3.05, 3.63) is 0 Å². The van der Waals surface area contributed by atoms with Gasteiger partial charge in [-0.15, -0.1) is 0 Å². The van der Waals surface area contributed by atoms with E-state index in [9.17, 15) is 18.9 Å².